The lowest BCUT2D eigenvalue weighted by molar-refractivity contribution is 0.422. The molecule has 1 heterocycles. The zero-order valence-corrected chi connectivity index (χ0v) is 18.3. The minimum Gasteiger partial charge on any atom is -0.508 e. The Kier molecular flexibility index (Phi) is 7.83. The molecule has 0 saturated carbocycles. The van der Waals surface area contributed by atoms with Gasteiger partial charge < -0.3 is 21.9 Å². The molecule has 28 heavy (non-hydrogen) atoms. The van der Waals surface area contributed by atoms with Gasteiger partial charge in [0.25, 0.3) is 0 Å². The summed E-state index contributed by atoms with van der Waals surface area (Å²) in [5.74, 6) is 0.0295. The minimum atomic E-state index is -0.000155. The molecule has 0 radical (unpaired) electrons. The van der Waals surface area contributed by atoms with Crippen LogP contribution < -0.4 is 16.8 Å². The Labute approximate surface area is 177 Å². The lowest BCUT2D eigenvalue weighted by atomic mass is 10.1. The highest BCUT2D eigenvalue weighted by atomic mass is 79.9. The normalized spacial score (nSPS) is 14.8. The van der Waals surface area contributed by atoms with E-state index >= 15 is 0 Å². The van der Waals surface area contributed by atoms with E-state index in [1.54, 1.807) is 0 Å². The van der Waals surface area contributed by atoms with Crippen LogP contribution in [0, 0.1) is 6.92 Å². The van der Waals surface area contributed by atoms with E-state index in [1.165, 1.54) is 11.3 Å². The summed E-state index contributed by atoms with van der Waals surface area (Å²) in [6.45, 7) is 7.94. The molecule has 2 rings (SSSR count). The van der Waals surface area contributed by atoms with Crippen LogP contribution in [0.2, 0.25) is 0 Å². The van der Waals surface area contributed by atoms with Gasteiger partial charge in [-0.1, -0.05) is 64.2 Å². The molecule has 0 unspecified atom stereocenters. The first kappa shape index (κ1) is 21.7. The molecule has 0 bridgehead atoms. The maximum atomic E-state index is 9.84. The molecular formula is C20H24BrN5OS. The minimum absolute atomic E-state index is 0.000155. The van der Waals surface area contributed by atoms with Gasteiger partial charge in [-0.05, 0) is 31.9 Å². The Morgan fingerprint density at radius 2 is 2.25 bits per heavy atom. The first-order valence-electron chi connectivity index (χ1n) is 8.60. The molecule has 1 aromatic rings. The van der Waals surface area contributed by atoms with E-state index in [2.05, 4.69) is 50.0 Å². The number of hydrogen-bond acceptors (Lipinski definition) is 5. The smallest absolute Gasteiger partial charge is 0.213 e. The topological polar surface area (TPSA) is 110 Å². The Hall–Kier alpha value is -2.58. The molecule has 0 saturated heterocycles. The van der Waals surface area contributed by atoms with E-state index in [0.717, 1.165) is 32.7 Å². The number of aliphatic hydroxyl groups excluding tert-OH is 1. The molecule has 0 atom stereocenters. The van der Waals surface area contributed by atoms with Crippen molar-refractivity contribution in [1.29, 1.82) is 0 Å². The Bertz CT molecular complexity index is 930. The molecule has 8 heteroatoms. The van der Waals surface area contributed by atoms with Crippen molar-refractivity contribution in [3.8, 4) is 0 Å². The fraction of sp³-hybridized carbons (Fsp3) is 0.200. The van der Waals surface area contributed by atoms with Gasteiger partial charge in [-0.2, -0.15) is 4.99 Å². The largest absolute Gasteiger partial charge is 0.508 e. The number of aromatic nitrogens is 1. The molecule has 0 aromatic carbocycles. The van der Waals surface area contributed by atoms with Crippen LogP contribution in [0.25, 0.3) is 5.57 Å². The summed E-state index contributed by atoms with van der Waals surface area (Å²) in [5.41, 5.74) is 14.6. The van der Waals surface area contributed by atoms with Crippen molar-refractivity contribution in [2.24, 2.45) is 16.5 Å². The van der Waals surface area contributed by atoms with Crippen LogP contribution in [0.1, 0.15) is 23.9 Å². The van der Waals surface area contributed by atoms with E-state index in [-0.39, 0.29) is 11.7 Å². The standard InChI is InChI=1S/C20H24BrN5OS/c1-4-6-17(21)16(13(3)27)11-24-15-8-5-7-14(9-10-15)18-12(2)25-20(28-18)26-19(22)23/h4-8,10,24,27H,3,9,11H2,1-2H3,(H4,22,23,25,26)/b6-4-,17-16+. The predicted octanol–water partition coefficient (Wildman–Crippen LogP) is 4.47. The van der Waals surface area contributed by atoms with Gasteiger partial charge in [-0.15, -0.1) is 0 Å². The third-order valence-electron chi connectivity index (χ3n) is 3.84. The van der Waals surface area contributed by atoms with Gasteiger partial charge in [0.05, 0.1) is 10.6 Å². The van der Waals surface area contributed by atoms with Crippen LogP contribution in [0.15, 0.2) is 69.5 Å². The first-order valence-corrected chi connectivity index (χ1v) is 10.2. The highest BCUT2D eigenvalue weighted by molar-refractivity contribution is 9.11. The van der Waals surface area contributed by atoms with Gasteiger partial charge in [0.1, 0.15) is 5.76 Å². The molecule has 0 amide bonds. The summed E-state index contributed by atoms with van der Waals surface area (Å²) in [4.78, 5) is 9.49. The quantitative estimate of drug-likeness (QED) is 0.207. The van der Waals surface area contributed by atoms with Gasteiger partial charge >= 0.3 is 0 Å². The SMILES string of the molecule is C=C(O)/C(CNC1=CCC(c2sc(N=C(N)N)nc2C)=CC=C1)=C(Br)\C=C/C. The molecule has 148 valence electrons. The molecule has 1 aromatic heterocycles. The van der Waals surface area contributed by atoms with E-state index in [4.69, 9.17) is 11.5 Å². The van der Waals surface area contributed by atoms with Crippen molar-refractivity contribution in [3.63, 3.8) is 0 Å². The van der Waals surface area contributed by atoms with E-state index in [0.29, 0.717) is 17.2 Å². The lowest BCUT2D eigenvalue weighted by Crippen LogP contribution is -2.21. The molecule has 0 aliphatic heterocycles. The maximum absolute atomic E-state index is 9.84. The number of aryl methyl sites for hydroxylation is 1. The fourth-order valence-corrected chi connectivity index (χ4v) is 4.15. The summed E-state index contributed by atoms with van der Waals surface area (Å²) < 4.78 is 0.791. The second-order valence-corrected chi connectivity index (χ2v) is 7.82. The Morgan fingerprint density at radius 1 is 1.50 bits per heavy atom. The number of guanidine groups is 1. The summed E-state index contributed by atoms with van der Waals surface area (Å²) in [7, 11) is 0. The van der Waals surface area contributed by atoms with Gasteiger partial charge in [-0.25, -0.2) is 4.98 Å². The second kappa shape index (κ2) is 10.1. The van der Waals surface area contributed by atoms with E-state index in [1.807, 2.05) is 38.2 Å². The zero-order chi connectivity index (χ0) is 20.7. The highest BCUT2D eigenvalue weighted by Crippen LogP contribution is 2.33. The van der Waals surface area contributed by atoms with Gasteiger partial charge in [0.15, 0.2) is 5.96 Å². The van der Waals surface area contributed by atoms with E-state index in [9.17, 15) is 5.11 Å². The molecule has 1 aliphatic carbocycles. The molecule has 0 fully saturated rings. The van der Waals surface area contributed by atoms with Crippen LogP contribution in [0.4, 0.5) is 5.13 Å². The average molecular weight is 462 g/mol. The number of hydrogen-bond donors (Lipinski definition) is 4. The molecular weight excluding hydrogens is 438 g/mol. The second-order valence-electron chi connectivity index (χ2n) is 5.99. The van der Waals surface area contributed by atoms with Crippen molar-refractivity contribution in [2.45, 2.75) is 20.3 Å². The first-order chi connectivity index (χ1) is 13.3. The van der Waals surface area contributed by atoms with Crippen molar-refractivity contribution in [3.05, 3.63) is 75.1 Å². The summed E-state index contributed by atoms with van der Waals surface area (Å²) in [6.07, 6.45) is 12.6. The summed E-state index contributed by atoms with van der Waals surface area (Å²) >= 11 is 4.92. The lowest BCUT2D eigenvalue weighted by Gasteiger charge is -2.11. The van der Waals surface area contributed by atoms with Crippen molar-refractivity contribution in [2.75, 3.05) is 6.54 Å². The van der Waals surface area contributed by atoms with E-state index < -0.39 is 0 Å². The van der Waals surface area contributed by atoms with Crippen LogP contribution in [-0.2, 0) is 0 Å². The van der Waals surface area contributed by atoms with Gasteiger partial charge in [0.2, 0.25) is 5.13 Å². The third-order valence-corrected chi connectivity index (χ3v) is 5.71. The van der Waals surface area contributed by atoms with Crippen LogP contribution in [0.3, 0.4) is 0 Å². The Balaban J connectivity index is 2.13. The molecule has 6 nitrogen and oxygen atoms in total. The molecule has 1 aliphatic rings. The molecule has 0 spiro atoms. The van der Waals surface area contributed by atoms with Crippen molar-refractivity contribution in [1.82, 2.24) is 10.3 Å². The third kappa shape index (κ3) is 5.97. The van der Waals surface area contributed by atoms with Gasteiger partial charge in [-0.3, -0.25) is 0 Å². The number of thiazole rings is 1. The van der Waals surface area contributed by atoms with Gasteiger partial charge in [0, 0.05) is 22.3 Å². The zero-order valence-electron chi connectivity index (χ0n) is 15.9. The number of aliphatic imine (C=N–C) groups is 1. The van der Waals surface area contributed by atoms with Crippen LogP contribution in [-0.4, -0.2) is 22.6 Å². The average Bonchev–Trinajstić information content (AvgIpc) is 2.81. The highest BCUT2D eigenvalue weighted by Gasteiger charge is 2.13. The summed E-state index contributed by atoms with van der Waals surface area (Å²) in [6, 6.07) is 0. The van der Waals surface area contributed by atoms with Crippen LogP contribution >= 0.6 is 27.3 Å². The predicted molar refractivity (Wildman–Crippen MR) is 123 cm³/mol. The Morgan fingerprint density at radius 3 is 2.89 bits per heavy atom. The monoisotopic (exact) mass is 461 g/mol. The fourth-order valence-electron chi connectivity index (χ4n) is 2.52. The number of rotatable bonds is 7. The number of nitrogens with two attached hydrogens (primary N) is 2. The maximum Gasteiger partial charge on any atom is 0.213 e. The van der Waals surface area contributed by atoms with Crippen molar-refractivity contribution < 1.29 is 5.11 Å². The number of nitrogens with zero attached hydrogens (tertiary/aromatic N) is 2. The number of aliphatic hydroxyl groups is 1. The van der Waals surface area contributed by atoms with Crippen molar-refractivity contribution >= 4 is 43.9 Å². The number of nitrogens with one attached hydrogen (secondary N) is 1. The van der Waals surface area contributed by atoms with Crippen LogP contribution in [0.5, 0.6) is 0 Å². The summed E-state index contributed by atoms with van der Waals surface area (Å²) in [5, 5.41) is 13.7. The number of allylic oxidation sites excluding steroid dienone is 8. The number of halogens is 1. The molecule has 6 N–H and O–H groups in total.